The minimum Gasteiger partial charge on any atom is -0.508 e. The van der Waals surface area contributed by atoms with E-state index in [4.69, 9.17) is 0 Å². The molecule has 0 heterocycles. The van der Waals surface area contributed by atoms with Gasteiger partial charge in [0.05, 0.1) is 0 Å². The molecule has 0 fully saturated rings. The van der Waals surface area contributed by atoms with Gasteiger partial charge in [-0.15, -0.1) is 0 Å². The van der Waals surface area contributed by atoms with Crippen molar-refractivity contribution >= 4 is 5.57 Å². The number of aryl methyl sites for hydroxylation is 1. The first kappa shape index (κ1) is 12.0. The lowest BCUT2D eigenvalue weighted by molar-refractivity contribution is 0.473. The second kappa shape index (κ2) is 4.06. The van der Waals surface area contributed by atoms with E-state index in [1.165, 1.54) is 11.1 Å². The van der Waals surface area contributed by atoms with Gasteiger partial charge in [0.15, 0.2) is 0 Å². The fourth-order valence-electron chi connectivity index (χ4n) is 2.78. The van der Waals surface area contributed by atoms with E-state index in [-0.39, 0.29) is 5.41 Å². The topological polar surface area (TPSA) is 20.2 Å². The Morgan fingerprint density at radius 2 is 1.82 bits per heavy atom. The predicted octanol–water partition coefficient (Wildman–Crippen LogP) is 4.46. The highest BCUT2D eigenvalue weighted by molar-refractivity contribution is 5.76. The van der Waals surface area contributed by atoms with E-state index in [2.05, 4.69) is 39.0 Å². The van der Waals surface area contributed by atoms with Gasteiger partial charge in [-0.05, 0) is 60.1 Å². The lowest BCUT2D eigenvalue weighted by Gasteiger charge is -2.32. The SMILES string of the molecule is CC1=C(c2cc(C)cc(O)c2)C(C)(C)CC=C1. The van der Waals surface area contributed by atoms with Crippen LogP contribution in [0.4, 0.5) is 0 Å². The number of hydrogen-bond acceptors (Lipinski definition) is 1. The Kier molecular flexibility index (Phi) is 2.86. The van der Waals surface area contributed by atoms with Crippen LogP contribution in [0.15, 0.2) is 35.9 Å². The summed E-state index contributed by atoms with van der Waals surface area (Å²) in [5.41, 5.74) is 5.03. The van der Waals surface area contributed by atoms with Crippen molar-refractivity contribution in [2.24, 2.45) is 5.41 Å². The molecule has 1 aromatic carbocycles. The third-order valence-corrected chi connectivity index (χ3v) is 3.42. The number of aromatic hydroxyl groups is 1. The van der Waals surface area contributed by atoms with Crippen molar-refractivity contribution in [2.45, 2.75) is 34.1 Å². The summed E-state index contributed by atoms with van der Waals surface area (Å²) in [5.74, 6) is 0.352. The number of benzene rings is 1. The van der Waals surface area contributed by atoms with Crippen molar-refractivity contribution < 1.29 is 5.11 Å². The van der Waals surface area contributed by atoms with Gasteiger partial charge in [0.25, 0.3) is 0 Å². The zero-order valence-electron chi connectivity index (χ0n) is 11.0. The van der Waals surface area contributed by atoms with Gasteiger partial charge in [0, 0.05) is 0 Å². The molecule has 0 spiro atoms. The number of phenolic OH excluding ortho intramolecular Hbond substituents is 1. The van der Waals surface area contributed by atoms with Crippen LogP contribution in [0, 0.1) is 12.3 Å². The van der Waals surface area contributed by atoms with Gasteiger partial charge < -0.3 is 5.11 Å². The number of hydrogen-bond donors (Lipinski definition) is 1. The molecule has 1 aliphatic rings. The minimum absolute atomic E-state index is 0.138. The van der Waals surface area contributed by atoms with Gasteiger partial charge in [0.1, 0.15) is 5.75 Å². The molecular formula is C16H20O. The molecule has 0 unspecified atom stereocenters. The highest BCUT2D eigenvalue weighted by atomic mass is 16.3. The van der Waals surface area contributed by atoms with Crippen LogP contribution in [0.5, 0.6) is 5.75 Å². The molecule has 0 bridgehead atoms. The molecule has 0 saturated heterocycles. The van der Waals surface area contributed by atoms with Crippen molar-refractivity contribution in [1.82, 2.24) is 0 Å². The summed E-state index contributed by atoms with van der Waals surface area (Å²) in [6, 6.07) is 5.82. The maximum Gasteiger partial charge on any atom is 0.116 e. The van der Waals surface area contributed by atoms with Gasteiger partial charge in [0.2, 0.25) is 0 Å². The third kappa shape index (κ3) is 2.28. The average molecular weight is 228 g/mol. The lowest BCUT2D eigenvalue weighted by atomic mass is 9.72. The zero-order chi connectivity index (χ0) is 12.6. The summed E-state index contributed by atoms with van der Waals surface area (Å²) < 4.78 is 0. The van der Waals surface area contributed by atoms with E-state index < -0.39 is 0 Å². The summed E-state index contributed by atoms with van der Waals surface area (Å²) in [6.45, 7) is 8.68. The monoisotopic (exact) mass is 228 g/mol. The largest absolute Gasteiger partial charge is 0.508 e. The fraction of sp³-hybridized carbons (Fsp3) is 0.375. The van der Waals surface area contributed by atoms with Crippen molar-refractivity contribution in [2.75, 3.05) is 0 Å². The quantitative estimate of drug-likeness (QED) is 0.752. The van der Waals surface area contributed by atoms with E-state index in [0.29, 0.717) is 5.75 Å². The lowest BCUT2D eigenvalue weighted by Crippen LogP contribution is -2.16. The first-order valence-corrected chi connectivity index (χ1v) is 6.09. The van der Waals surface area contributed by atoms with Crippen LogP contribution in [0.1, 0.15) is 38.3 Å². The van der Waals surface area contributed by atoms with Gasteiger partial charge in [-0.2, -0.15) is 0 Å². The second-order valence-electron chi connectivity index (χ2n) is 5.61. The van der Waals surface area contributed by atoms with Crippen LogP contribution in [-0.2, 0) is 0 Å². The van der Waals surface area contributed by atoms with Crippen molar-refractivity contribution in [1.29, 1.82) is 0 Å². The molecule has 1 N–H and O–H groups in total. The van der Waals surface area contributed by atoms with Crippen LogP contribution in [-0.4, -0.2) is 5.11 Å². The minimum atomic E-state index is 0.138. The Balaban J connectivity index is 2.61. The third-order valence-electron chi connectivity index (χ3n) is 3.42. The molecule has 17 heavy (non-hydrogen) atoms. The van der Waals surface area contributed by atoms with Crippen LogP contribution in [0.2, 0.25) is 0 Å². The molecule has 2 rings (SSSR count). The van der Waals surface area contributed by atoms with Crippen LogP contribution in [0.3, 0.4) is 0 Å². The number of allylic oxidation sites excluding steroid dienone is 4. The van der Waals surface area contributed by atoms with Gasteiger partial charge in [-0.1, -0.05) is 32.1 Å². The molecule has 1 aliphatic carbocycles. The molecule has 1 aromatic rings. The summed E-state index contributed by atoms with van der Waals surface area (Å²) in [5, 5.41) is 9.74. The molecule has 0 saturated carbocycles. The Morgan fingerprint density at radius 1 is 1.12 bits per heavy atom. The van der Waals surface area contributed by atoms with E-state index in [0.717, 1.165) is 17.5 Å². The molecule has 0 aromatic heterocycles. The predicted molar refractivity (Wildman–Crippen MR) is 73.0 cm³/mol. The normalized spacial score (nSPS) is 18.6. The van der Waals surface area contributed by atoms with E-state index in [9.17, 15) is 5.11 Å². The molecule has 0 radical (unpaired) electrons. The van der Waals surface area contributed by atoms with Crippen molar-refractivity contribution in [3.63, 3.8) is 0 Å². The molecule has 0 aliphatic heterocycles. The molecular weight excluding hydrogens is 208 g/mol. The van der Waals surface area contributed by atoms with Gasteiger partial charge in [-0.25, -0.2) is 0 Å². The van der Waals surface area contributed by atoms with Crippen LogP contribution in [0.25, 0.3) is 5.57 Å². The van der Waals surface area contributed by atoms with E-state index in [1.807, 2.05) is 13.0 Å². The molecule has 0 atom stereocenters. The Labute approximate surface area is 103 Å². The van der Waals surface area contributed by atoms with Gasteiger partial charge >= 0.3 is 0 Å². The Hall–Kier alpha value is -1.50. The van der Waals surface area contributed by atoms with Crippen LogP contribution >= 0.6 is 0 Å². The zero-order valence-corrected chi connectivity index (χ0v) is 11.0. The maximum atomic E-state index is 9.74. The first-order valence-electron chi connectivity index (χ1n) is 6.09. The Bertz CT molecular complexity index is 484. The summed E-state index contributed by atoms with van der Waals surface area (Å²) >= 11 is 0. The van der Waals surface area contributed by atoms with Gasteiger partial charge in [-0.3, -0.25) is 0 Å². The van der Waals surface area contributed by atoms with E-state index in [1.54, 1.807) is 6.07 Å². The standard InChI is InChI=1S/C16H20O/c1-11-8-13(10-14(17)9-11)15-12(2)6-5-7-16(15,3)4/h5-6,8-10,17H,7H2,1-4H3. The highest BCUT2D eigenvalue weighted by Gasteiger charge is 2.27. The molecule has 0 amide bonds. The summed E-state index contributed by atoms with van der Waals surface area (Å²) in [4.78, 5) is 0. The summed E-state index contributed by atoms with van der Waals surface area (Å²) in [6.07, 6.45) is 5.46. The molecule has 1 nitrogen and oxygen atoms in total. The highest BCUT2D eigenvalue weighted by Crippen LogP contribution is 2.43. The maximum absolute atomic E-state index is 9.74. The van der Waals surface area contributed by atoms with Crippen molar-refractivity contribution in [3.8, 4) is 5.75 Å². The van der Waals surface area contributed by atoms with E-state index >= 15 is 0 Å². The molecule has 1 heteroatoms. The smallest absolute Gasteiger partial charge is 0.116 e. The first-order chi connectivity index (χ1) is 7.90. The fourth-order valence-corrected chi connectivity index (χ4v) is 2.78. The summed E-state index contributed by atoms with van der Waals surface area (Å²) in [7, 11) is 0. The Morgan fingerprint density at radius 3 is 2.41 bits per heavy atom. The number of phenols is 1. The molecule has 90 valence electrons. The van der Waals surface area contributed by atoms with Crippen LogP contribution < -0.4 is 0 Å². The number of rotatable bonds is 1. The van der Waals surface area contributed by atoms with Crippen molar-refractivity contribution in [3.05, 3.63) is 47.1 Å². The average Bonchev–Trinajstić information content (AvgIpc) is 2.13. The second-order valence-corrected chi connectivity index (χ2v) is 5.61.